The number of hydrogen-bond donors (Lipinski definition) is 0. The summed E-state index contributed by atoms with van der Waals surface area (Å²) in [6.45, 7) is 3.96. The quantitative estimate of drug-likeness (QED) is 0.827. The van der Waals surface area contributed by atoms with Crippen LogP contribution in [0.4, 0.5) is 5.69 Å². The van der Waals surface area contributed by atoms with Crippen LogP contribution >= 0.6 is 0 Å². The predicted octanol–water partition coefficient (Wildman–Crippen LogP) is 3.27. The zero-order valence-corrected chi connectivity index (χ0v) is 15.8. The molecular formula is C20H21NO4S. The lowest BCUT2D eigenvalue weighted by atomic mass is 10.1. The van der Waals surface area contributed by atoms with Crippen LogP contribution in [0.15, 0.2) is 53.9 Å². The van der Waals surface area contributed by atoms with Crippen LogP contribution in [0.25, 0.3) is 0 Å². The van der Waals surface area contributed by atoms with Crippen molar-refractivity contribution in [2.45, 2.75) is 19.9 Å². The van der Waals surface area contributed by atoms with Crippen LogP contribution in [0.1, 0.15) is 21.5 Å². The van der Waals surface area contributed by atoms with Gasteiger partial charge in [-0.05, 0) is 67.4 Å². The summed E-state index contributed by atoms with van der Waals surface area (Å²) in [4.78, 5) is 14.7. The van der Waals surface area contributed by atoms with E-state index in [1.807, 2.05) is 32.0 Å². The monoisotopic (exact) mass is 371 g/mol. The van der Waals surface area contributed by atoms with Gasteiger partial charge in [-0.2, -0.15) is 0 Å². The molecule has 0 saturated heterocycles. The van der Waals surface area contributed by atoms with Crippen molar-refractivity contribution in [3.8, 4) is 5.75 Å². The molecule has 5 nitrogen and oxygen atoms in total. The van der Waals surface area contributed by atoms with E-state index in [0.717, 1.165) is 11.1 Å². The predicted molar refractivity (Wildman–Crippen MR) is 102 cm³/mol. The first-order valence-corrected chi connectivity index (χ1v) is 9.98. The Kier molecular flexibility index (Phi) is 4.87. The molecule has 0 bridgehead atoms. The number of anilines is 1. The number of ether oxygens (including phenoxy) is 1. The molecule has 0 N–H and O–H groups in total. The van der Waals surface area contributed by atoms with E-state index in [0.29, 0.717) is 17.0 Å². The average Bonchev–Trinajstić information content (AvgIpc) is 2.97. The van der Waals surface area contributed by atoms with E-state index in [1.165, 1.54) is 5.41 Å². The highest BCUT2D eigenvalue weighted by molar-refractivity contribution is 7.94. The van der Waals surface area contributed by atoms with Gasteiger partial charge < -0.3 is 9.64 Å². The maximum atomic E-state index is 13.2. The van der Waals surface area contributed by atoms with Crippen LogP contribution in [0.5, 0.6) is 5.75 Å². The van der Waals surface area contributed by atoms with Gasteiger partial charge in [0.2, 0.25) is 0 Å². The molecule has 2 aromatic carbocycles. The number of methoxy groups -OCH3 is 1. The van der Waals surface area contributed by atoms with Crippen LogP contribution < -0.4 is 9.64 Å². The molecule has 0 spiro atoms. The summed E-state index contributed by atoms with van der Waals surface area (Å²) in [5, 5.41) is 1.19. The third-order valence-corrected chi connectivity index (χ3v) is 5.95. The minimum atomic E-state index is -3.29. The average molecular weight is 371 g/mol. The molecule has 0 unspecified atom stereocenters. The van der Waals surface area contributed by atoms with E-state index < -0.39 is 15.9 Å². The second kappa shape index (κ2) is 6.96. The van der Waals surface area contributed by atoms with E-state index in [1.54, 1.807) is 42.4 Å². The van der Waals surface area contributed by atoms with Gasteiger partial charge in [0.25, 0.3) is 5.91 Å². The molecule has 0 aliphatic carbocycles. The number of carbonyl (C=O) groups is 1. The molecule has 0 fully saturated rings. The third-order valence-electron chi connectivity index (χ3n) is 4.57. The molecule has 1 atom stereocenters. The highest BCUT2D eigenvalue weighted by atomic mass is 32.2. The van der Waals surface area contributed by atoms with Crippen molar-refractivity contribution in [2.24, 2.45) is 0 Å². The molecule has 3 rings (SSSR count). The SMILES string of the molecule is COc1ccc(C(=O)N(c2ccc(C)c(C)c2)[C@H]2C=CS(=O)(=O)C2)cc1. The molecule has 6 heteroatoms. The van der Waals surface area contributed by atoms with Gasteiger partial charge in [0.15, 0.2) is 9.84 Å². The fourth-order valence-electron chi connectivity index (χ4n) is 2.93. The van der Waals surface area contributed by atoms with Gasteiger partial charge in [-0.15, -0.1) is 0 Å². The zero-order valence-electron chi connectivity index (χ0n) is 15.0. The third kappa shape index (κ3) is 3.65. The first-order valence-electron chi connectivity index (χ1n) is 8.26. The van der Waals surface area contributed by atoms with Gasteiger partial charge in [-0.1, -0.05) is 6.07 Å². The maximum Gasteiger partial charge on any atom is 0.258 e. The van der Waals surface area contributed by atoms with Crippen LogP contribution in [-0.2, 0) is 9.84 Å². The molecule has 1 aliphatic rings. The van der Waals surface area contributed by atoms with Gasteiger partial charge in [-0.3, -0.25) is 4.79 Å². The summed E-state index contributed by atoms with van der Waals surface area (Å²) in [5.74, 6) is 0.298. The Morgan fingerprint density at radius 2 is 1.77 bits per heavy atom. The molecule has 0 aromatic heterocycles. The van der Waals surface area contributed by atoms with Gasteiger partial charge in [0, 0.05) is 16.7 Å². The van der Waals surface area contributed by atoms with Gasteiger partial charge in [-0.25, -0.2) is 8.42 Å². The number of rotatable bonds is 4. The minimum Gasteiger partial charge on any atom is -0.497 e. The molecule has 1 amide bonds. The number of carbonyl (C=O) groups excluding carboxylic acids is 1. The highest BCUT2D eigenvalue weighted by Gasteiger charge is 2.32. The first-order chi connectivity index (χ1) is 12.3. The number of benzene rings is 2. The molecule has 0 radical (unpaired) electrons. The number of nitrogens with zero attached hydrogens (tertiary/aromatic N) is 1. The normalized spacial score (nSPS) is 17.9. The molecule has 1 aliphatic heterocycles. The maximum absolute atomic E-state index is 13.2. The first kappa shape index (κ1) is 18.2. The second-order valence-corrected chi connectivity index (χ2v) is 8.33. The Bertz CT molecular complexity index is 962. The van der Waals surface area contributed by atoms with E-state index in [2.05, 4.69) is 0 Å². The standard InChI is InChI=1S/C20H21NO4S/c1-14-4-7-17(12-15(14)2)21(18-10-11-26(23,24)13-18)20(22)16-5-8-19(25-3)9-6-16/h4-12,18H,13H2,1-3H3/t18-/m0/s1. The Labute approximate surface area is 153 Å². The number of hydrogen-bond acceptors (Lipinski definition) is 4. The molecule has 0 saturated carbocycles. The van der Waals surface area contributed by atoms with Crippen molar-refractivity contribution in [3.63, 3.8) is 0 Å². The molecule has 26 heavy (non-hydrogen) atoms. The Morgan fingerprint density at radius 1 is 1.08 bits per heavy atom. The zero-order chi connectivity index (χ0) is 18.9. The van der Waals surface area contributed by atoms with Gasteiger partial charge >= 0.3 is 0 Å². The summed E-state index contributed by atoms with van der Waals surface area (Å²) in [6, 6.07) is 12.0. The number of aryl methyl sites for hydroxylation is 2. The minimum absolute atomic E-state index is 0.109. The van der Waals surface area contributed by atoms with E-state index in [-0.39, 0.29) is 11.7 Å². The summed E-state index contributed by atoms with van der Waals surface area (Å²) < 4.78 is 28.9. The highest BCUT2D eigenvalue weighted by Crippen LogP contribution is 2.27. The molecule has 2 aromatic rings. The van der Waals surface area contributed by atoms with E-state index in [4.69, 9.17) is 4.74 Å². The smallest absolute Gasteiger partial charge is 0.258 e. The lowest BCUT2D eigenvalue weighted by Crippen LogP contribution is -2.41. The van der Waals surface area contributed by atoms with Crippen molar-refractivity contribution >= 4 is 21.4 Å². The van der Waals surface area contributed by atoms with Crippen molar-refractivity contribution in [1.29, 1.82) is 0 Å². The lowest BCUT2D eigenvalue weighted by Gasteiger charge is -2.28. The van der Waals surface area contributed by atoms with Crippen LogP contribution in [0.2, 0.25) is 0 Å². The van der Waals surface area contributed by atoms with Gasteiger partial charge in [0.05, 0.1) is 18.9 Å². The number of sulfone groups is 1. The summed E-state index contributed by atoms with van der Waals surface area (Å²) in [7, 11) is -1.73. The second-order valence-electron chi connectivity index (χ2n) is 6.40. The largest absolute Gasteiger partial charge is 0.497 e. The topological polar surface area (TPSA) is 63.7 Å². The lowest BCUT2D eigenvalue weighted by molar-refractivity contribution is 0.0983. The Morgan fingerprint density at radius 3 is 2.31 bits per heavy atom. The Hall–Kier alpha value is -2.60. The van der Waals surface area contributed by atoms with Crippen LogP contribution in [-0.4, -0.2) is 33.2 Å². The summed E-state index contributed by atoms with van der Waals surface area (Å²) in [6.07, 6.45) is 1.58. The summed E-state index contributed by atoms with van der Waals surface area (Å²) in [5.41, 5.74) is 3.31. The Balaban J connectivity index is 2.03. The van der Waals surface area contributed by atoms with Crippen molar-refractivity contribution in [3.05, 3.63) is 70.6 Å². The molecular weight excluding hydrogens is 350 g/mol. The molecule has 1 heterocycles. The van der Waals surface area contributed by atoms with E-state index in [9.17, 15) is 13.2 Å². The molecule has 136 valence electrons. The van der Waals surface area contributed by atoms with Crippen molar-refractivity contribution < 1.29 is 17.9 Å². The van der Waals surface area contributed by atoms with Gasteiger partial charge in [0.1, 0.15) is 5.75 Å². The fourth-order valence-corrected chi connectivity index (χ4v) is 4.20. The fraction of sp³-hybridized carbons (Fsp3) is 0.250. The van der Waals surface area contributed by atoms with Crippen molar-refractivity contribution in [2.75, 3.05) is 17.8 Å². The number of amides is 1. The summed E-state index contributed by atoms with van der Waals surface area (Å²) >= 11 is 0. The van der Waals surface area contributed by atoms with E-state index >= 15 is 0 Å². The van der Waals surface area contributed by atoms with Crippen LogP contribution in [0, 0.1) is 13.8 Å². The van der Waals surface area contributed by atoms with Crippen molar-refractivity contribution in [1.82, 2.24) is 0 Å². The van der Waals surface area contributed by atoms with Crippen LogP contribution in [0.3, 0.4) is 0 Å².